The second kappa shape index (κ2) is 19.0. The molecular formula is C34H47FN4O8. The molecule has 2 N–H and O–H groups in total. The maximum Gasteiger partial charge on any atom is 0.416 e. The molecular weight excluding hydrogens is 611 g/mol. The Labute approximate surface area is 275 Å². The van der Waals surface area contributed by atoms with Crippen molar-refractivity contribution in [3.63, 3.8) is 0 Å². The minimum absolute atomic E-state index is 0.0668. The van der Waals surface area contributed by atoms with Crippen LogP contribution in [0.2, 0.25) is 0 Å². The Morgan fingerprint density at radius 1 is 0.936 bits per heavy atom. The zero-order valence-corrected chi connectivity index (χ0v) is 28.0. The molecule has 258 valence electrons. The van der Waals surface area contributed by atoms with E-state index in [0.29, 0.717) is 80.4 Å². The van der Waals surface area contributed by atoms with Crippen LogP contribution in [0, 0.1) is 19.7 Å². The number of rotatable bonds is 20. The van der Waals surface area contributed by atoms with Crippen LogP contribution in [0.25, 0.3) is 11.6 Å². The third-order valence-electron chi connectivity index (χ3n) is 7.90. The fourth-order valence-electron chi connectivity index (χ4n) is 5.17. The first-order valence-corrected chi connectivity index (χ1v) is 16.0. The molecule has 0 aliphatic carbocycles. The van der Waals surface area contributed by atoms with Crippen LogP contribution in [0.3, 0.4) is 0 Å². The fourth-order valence-corrected chi connectivity index (χ4v) is 5.17. The van der Waals surface area contributed by atoms with Crippen LogP contribution in [0.15, 0.2) is 18.2 Å². The number of halogens is 1. The molecule has 2 aromatic rings. The van der Waals surface area contributed by atoms with Gasteiger partial charge in [-0.05, 0) is 63.2 Å². The molecule has 12 nitrogen and oxygen atoms in total. The summed E-state index contributed by atoms with van der Waals surface area (Å²) in [6.45, 7) is 11.2. The number of Topliss-reactive ketones (excluding diaryl/α,β-unsaturated/α-hetero) is 1. The second-order valence-electron chi connectivity index (χ2n) is 11.1. The number of amides is 3. The lowest BCUT2D eigenvalue weighted by Gasteiger charge is -2.25. The summed E-state index contributed by atoms with van der Waals surface area (Å²) in [7, 11) is 1.59. The van der Waals surface area contributed by atoms with Gasteiger partial charge in [-0.3, -0.25) is 14.4 Å². The van der Waals surface area contributed by atoms with E-state index in [1.165, 1.54) is 18.2 Å². The first kappa shape index (κ1) is 37.5. The third-order valence-corrected chi connectivity index (χ3v) is 7.90. The molecule has 0 fully saturated rings. The molecule has 0 spiro atoms. The molecule has 0 unspecified atom stereocenters. The number of aromatic nitrogens is 1. The lowest BCUT2D eigenvalue weighted by molar-refractivity contribution is -0.120. The highest BCUT2D eigenvalue weighted by atomic mass is 19.1. The monoisotopic (exact) mass is 658 g/mol. The summed E-state index contributed by atoms with van der Waals surface area (Å²) in [5.74, 6) is -1.31. The summed E-state index contributed by atoms with van der Waals surface area (Å²) < 4.78 is 35.1. The maximum absolute atomic E-state index is 14.0. The zero-order chi connectivity index (χ0) is 34.3. The van der Waals surface area contributed by atoms with Gasteiger partial charge in [0.25, 0.3) is 11.8 Å². The number of carbonyl (C=O) groups excluding carboxylic acids is 4. The highest BCUT2D eigenvalue weighted by molar-refractivity contribution is 6.35. The lowest BCUT2D eigenvalue weighted by Crippen LogP contribution is -2.43. The number of nitrogens with zero attached hydrogens (tertiary/aromatic N) is 2. The van der Waals surface area contributed by atoms with E-state index in [-0.39, 0.29) is 42.6 Å². The molecule has 13 heteroatoms. The predicted molar refractivity (Wildman–Crippen MR) is 176 cm³/mol. The van der Waals surface area contributed by atoms with Gasteiger partial charge < -0.3 is 34.1 Å². The maximum atomic E-state index is 14.0. The number of hydrogen-bond acceptors (Lipinski definition) is 9. The first-order valence-electron chi connectivity index (χ1n) is 16.0. The Morgan fingerprint density at radius 3 is 2.38 bits per heavy atom. The van der Waals surface area contributed by atoms with E-state index < -0.39 is 17.8 Å². The molecule has 0 saturated carbocycles. The van der Waals surface area contributed by atoms with Crippen molar-refractivity contribution in [1.82, 2.24) is 14.8 Å². The number of carbonyl (C=O) groups is 4. The quantitative estimate of drug-likeness (QED) is 0.154. The minimum atomic E-state index is -0.797. The van der Waals surface area contributed by atoms with Gasteiger partial charge in [-0.2, -0.15) is 0 Å². The smallest absolute Gasteiger partial charge is 0.416 e. The number of aryl methyl sites for hydroxylation is 1. The molecule has 0 atom stereocenters. The Kier molecular flexibility index (Phi) is 15.2. The molecule has 1 aromatic carbocycles. The Bertz CT molecular complexity index is 1420. The Hall–Kier alpha value is -3.91. The average molecular weight is 659 g/mol. The first-order chi connectivity index (χ1) is 22.6. The molecule has 3 amide bonds. The predicted octanol–water partition coefficient (Wildman–Crippen LogP) is 4.60. The normalized spacial score (nSPS) is 13.3. The Morgan fingerprint density at radius 2 is 1.66 bits per heavy atom. The van der Waals surface area contributed by atoms with Gasteiger partial charge in [0.05, 0.1) is 37.6 Å². The average Bonchev–Trinajstić information content (AvgIpc) is 3.51. The van der Waals surface area contributed by atoms with Crippen LogP contribution < -0.4 is 5.32 Å². The van der Waals surface area contributed by atoms with Crippen molar-refractivity contribution in [3.8, 4) is 0 Å². The lowest BCUT2D eigenvalue weighted by atomic mass is 10.0. The standard InChI is InChI=1S/C34H47FN4O8/c1-6-38(7-2)13-14-39(34(43)47-20-19-45-15-8-9-26(40)12-16-46-18-17-44-5)33(42)31-23(3)30(36-24(31)4)22-28-27-21-25(35)10-11-29(27)37-32(28)41/h10-11,21-22,36H,6-9,12-20H2,1-5H3,(H,37,41)/b28-22-. The molecule has 2 heterocycles. The van der Waals surface area contributed by atoms with Crippen molar-refractivity contribution in [2.24, 2.45) is 0 Å². The highest BCUT2D eigenvalue weighted by Gasteiger charge is 2.30. The number of aromatic amines is 1. The van der Waals surface area contributed by atoms with Gasteiger partial charge in [-0.25, -0.2) is 14.1 Å². The van der Waals surface area contributed by atoms with Gasteiger partial charge in [-0.1, -0.05) is 13.8 Å². The number of hydrogen-bond donors (Lipinski definition) is 2. The van der Waals surface area contributed by atoms with E-state index in [1.54, 1.807) is 27.0 Å². The Balaban J connectivity index is 1.62. The van der Waals surface area contributed by atoms with Gasteiger partial charge in [-0.15, -0.1) is 0 Å². The van der Waals surface area contributed by atoms with Crippen LogP contribution in [0.5, 0.6) is 0 Å². The zero-order valence-electron chi connectivity index (χ0n) is 28.0. The number of benzene rings is 1. The topological polar surface area (TPSA) is 140 Å². The van der Waals surface area contributed by atoms with Crippen molar-refractivity contribution in [2.75, 3.05) is 78.2 Å². The number of imide groups is 1. The van der Waals surface area contributed by atoms with E-state index in [2.05, 4.69) is 15.2 Å². The van der Waals surface area contributed by atoms with Crippen molar-refractivity contribution in [2.45, 2.75) is 47.0 Å². The molecule has 47 heavy (non-hydrogen) atoms. The van der Waals surface area contributed by atoms with Gasteiger partial charge in [0, 0.05) is 62.3 Å². The van der Waals surface area contributed by atoms with Crippen molar-refractivity contribution in [3.05, 3.63) is 52.1 Å². The van der Waals surface area contributed by atoms with Crippen molar-refractivity contribution < 1.29 is 42.5 Å². The van der Waals surface area contributed by atoms with Gasteiger partial charge in [0.1, 0.15) is 18.2 Å². The van der Waals surface area contributed by atoms with Gasteiger partial charge in [0.2, 0.25) is 0 Å². The molecule has 0 saturated heterocycles. The number of likely N-dealkylation sites (N-methyl/N-ethyl adjacent to an activating group) is 1. The number of nitrogens with one attached hydrogen (secondary N) is 2. The number of methoxy groups -OCH3 is 1. The number of ether oxygens (including phenoxy) is 4. The largest absolute Gasteiger partial charge is 0.447 e. The number of H-pyrrole nitrogens is 1. The highest BCUT2D eigenvalue weighted by Crippen LogP contribution is 2.34. The number of ketones is 1. The van der Waals surface area contributed by atoms with E-state index in [4.69, 9.17) is 18.9 Å². The fraction of sp³-hybridized carbons (Fsp3) is 0.529. The molecule has 1 aliphatic rings. The van der Waals surface area contributed by atoms with Gasteiger partial charge in [0.15, 0.2) is 0 Å². The summed E-state index contributed by atoms with van der Waals surface area (Å²) in [6.07, 6.45) is 2.02. The van der Waals surface area contributed by atoms with Crippen LogP contribution in [0.1, 0.15) is 66.0 Å². The SMILES string of the molecule is CCN(CC)CCN(C(=O)OCCOCCCC(=O)CCOCCOC)C(=O)c1c(C)[nH]c(/C=C2\C(=O)Nc3ccc(F)cc32)c1C. The summed E-state index contributed by atoms with van der Waals surface area (Å²) in [5.41, 5.74) is 3.03. The minimum Gasteiger partial charge on any atom is -0.447 e. The van der Waals surface area contributed by atoms with Crippen LogP contribution in [0.4, 0.5) is 14.9 Å². The van der Waals surface area contributed by atoms with E-state index in [1.807, 2.05) is 13.8 Å². The van der Waals surface area contributed by atoms with Gasteiger partial charge >= 0.3 is 6.09 Å². The molecule has 3 rings (SSSR count). The molecule has 1 aromatic heterocycles. The van der Waals surface area contributed by atoms with E-state index in [9.17, 15) is 23.6 Å². The summed E-state index contributed by atoms with van der Waals surface area (Å²) in [4.78, 5) is 58.1. The van der Waals surface area contributed by atoms with Crippen LogP contribution >= 0.6 is 0 Å². The molecule has 1 aliphatic heterocycles. The number of fused-ring (bicyclic) bond motifs is 1. The summed E-state index contributed by atoms with van der Waals surface area (Å²) in [5, 5.41) is 2.72. The van der Waals surface area contributed by atoms with E-state index >= 15 is 0 Å². The van der Waals surface area contributed by atoms with Crippen LogP contribution in [-0.2, 0) is 28.5 Å². The summed E-state index contributed by atoms with van der Waals surface area (Å²) in [6, 6.07) is 4.06. The van der Waals surface area contributed by atoms with Crippen molar-refractivity contribution >= 4 is 41.0 Å². The summed E-state index contributed by atoms with van der Waals surface area (Å²) >= 11 is 0. The van der Waals surface area contributed by atoms with E-state index in [0.717, 1.165) is 18.0 Å². The number of anilines is 1. The second-order valence-corrected chi connectivity index (χ2v) is 11.1. The van der Waals surface area contributed by atoms with Crippen molar-refractivity contribution in [1.29, 1.82) is 0 Å². The third kappa shape index (κ3) is 10.8. The molecule has 0 bridgehead atoms. The molecule has 0 radical (unpaired) electrons. The van der Waals surface area contributed by atoms with Crippen LogP contribution in [-0.4, -0.2) is 111 Å².